The first-order valence-corrected chi connectivity index (χ1v) is 5.62. The number of aromatic nitrogens is 2. The molecule has 4 heteroatoms. The molecule has 88 valence electrons. The number of fused-ring (bicyclic) bond motifs is 1. The predicted octanol–water partition coefficient (Wildman–Crippen LogP) is 2.08. The molecule has 17 heavy (non-hydrogen) atoms. The second-order valence-electron chi connectivity index (χ2n) is 4.26. The van der Waals surface area contributed by atoms with Crippen molar-refractivity contribution in [2.24, 2.45) is 0 Å². The van der Waals surface area contributed by atoms with Crippen LogP contribution in [0.3, 0.4) is 0 Å². The first-order valence-electron chi connectivity index (χ1n) is 5.62. The van der Waals surface area contributed by atoms with Gasteiger partial charge in [-0.2, -0.15) is 0 Å². The zero-order valence-corrected chi connectivity index (χ0v) is 10.2. The molecule has 0 aliphatic heterocycles. The largest absolute Gasteiger partial charge is 0.349 e. The van der Waals surface area contributed by atoms with Crippen molar-refractivity contribution in [1.29, 1.82) is 0 Å². The van der Waals surface area contributed by atoms with Gasteiger partial charge in [0.15, 0.2) is 0 Å². The molecule has 2 rings (SSSR count). The van der Waals surface area contributed by atoms with Gasteiger partial charge >= 0.3 is 0 Å². The Morgan fingerprint density at radius 2 is 1.94 bits per heavy atom. The molecule has 0 spiro atoms. The summed E-state index contributed by atoms with van der Waals surface area (Å²) in [6.07, 6.45) is 0. The van der Waals surface area contributed by atoms with E-state index in [2.05, 4.69) is 15.3 Å². The molecule has 0 aliphatic carbocycles. The Labute approximate surface area is 100 Å². The predicted molar refractivity (Wildman–Crippen MR) is 66.9 cm³/mol. The number of amides is 1. The second kappa shape index (κ2) is 4.49. The minimum atomic E-state index is -0.151. The van der Waals surface area contributed by atoms with E-state index >= 15 is 0 Å². The number of para-hydroxylation sites is 1. The Morgan fingerprint density at radius 1 is 1.24 bits per heavy atom. The standard InChI is InChI=1S/C13H15N3O/c1-8(2)14-13(17)12-10-6-4-5-7-11(10)15-9(3)16-12/h4-8H,1-3H3,(H,14,17). The molecule has 2 aromatic rings. The van der Waals surface area contributed by atoms with Gasteiger partial charge in [0.1, 0.15) is 11.5 Å². The number of nitrogens with one attached hydrogen (secondary N) is 1. The molecule has 0 bridgehead atoms. The molecule has 0 saturated carbocycles. The molecule has 0 fully saturated rings. The van der Waals surface area contributed by atoms with Crippen molar-refractivity contribution in [3.63, 3.8) is 0 Å². The van der Waals surface area contributed by atoms with E-state index in [0.29, 0.717) is 11.5 Å². The van der Waals surface area contributed by atoms with E-state index in [4.69, 9.17) is 0 Å². The molecule has 1 heterocycles. The summed E-state index contributed by atoms with van der Waals surface area (Å²) in [5, 5.41) is 3.64. The third kappa shape index (κ3) is 2.41. The average Bonchev–Trinajstić information content (AvgIpc) is 2.26. The molecule has 0 aliphatic rings. The average molecular weight is 229 g/mol. The Morgan fingerprint density at radius 3 is 2.65 bits per heavy atom. The number of carbonyl (C=O) groups excluding carboxylic acids is 1. The van der Waals surface area contributed by atoms with Gasteiger partial charge in [-0.05, 0) is 26.8 Å². The van der Waals surface area contributed by atoms with Gasteiger partial charge in [0.2, 0.25) is 0 Å². The smallest absolute Gasteiger partial charge is 0.270 e. The summed E-state index contributed by atoms with van der Waals surface area (Å²) in [5.41, 5.74) is 1.25. The van der Waals surface area contributed by atoms with Crippen LogP contribution in [0.25, 0.3) is 10.9 Å². The normalized spacial score (nSPS) is 10.8. The molecule has 0 saturated heterocycles. The molecular formula is C13H15N3O. The third-order valence-corrected chi connectivity index (χ3v) is 2.35. The van der Waals surface area contributed by atoms with Crippen molar-refractivity contribution in [2.45, 2.75) is 26.8 Å². The molecule has 4 nitrogen and oxygen atoms in total. The van der Waals surface area contributed by atoms with Crippen LogP contribution in [0.4, 0.5) is 0 Å². The number of carbonyl (C=O) groups is 1. The minimum absolute atomic E-state index is 0.0940. The maximum atomic E-state index is 12.0. The summed E-state index contributed by atoms with van der Waals surface area (Å²) in [6.45, 7) is 5.64. The Hall–Kier alpha value is -1.97. The van der Waals surface area contributed by atoms with E-state index in [1.807, 2.05) is 38.1 Å². The van der Waals surface area contributed by atoms with Crippen molar-refractivity contribution in [3.8, 4) is 0 Å². The lowest BCUT2D eigenvalue weighted by molar-refractivity contribution is 0.0939. The van der Waals surface area contributed by atoms with Crippen LogP contribution in [0.2, 0.25) is 0 Å². The number of hydrogen-bond acceptors (Lipinski definition) is 3. The van der Waals surface area contributed by atoms with E-state index in [0.717, 1.165) is 10.9 Å². The second-order valence-corrected chi connectivity index (χ2v) is 4.26. The van der Waals surface area contributed by atoms with Gasteiger partial charge in [-0.25, -0.2) is 9.97 Å². The number of aryl methyl sites for hydroxylation is 1. The van der Waals surface area contributed by atoms with Gasteiger partial charge in [0, 0.05) is 11.4 Å². The fourth-order valence-corrected chi connectivity index (χ4v) is 1.70. The summed E-state index contributed by atoms with van der Waals surface area (Å²) >= 11 is 0. The van der Waals surface area contributed by atoms with Gasteiger partial charge in [0.05, 0.1) is 5.52 Å². The molecule has 1 amide bonds. The molecule has 0 unspecified atom stereocenters. The summed E-state index contributed by atoms with van der Waals surface area (Å²) in [4.78, 5) is 20.6. The van der Waals surface area contributed by atoms with Gasteiger partial charge < -0.3 is 5.32 Å². The van der Waals surface area contributed by atoms with Crippen LogP contribution in [0, 0.1) is 6.92 Å². The lowest BCUT2D eigenvalue weighted by Crippen LogP contribution is -2.31. The van der Waals surface area contributed by atoms with Crippen LogP contribution in [0.5, 0.6) is 0 Å². The van der Waals surface area contributed by atoms with Crippen molar-refractivity contribution >= 4 is 16.8 Å². The lowest BCUT2D eigenvalue weighted by atomic mass is 10.1. The molecular weight excluding hydrogens is 214 g/mol. The maximum absolute atomic E-state index is 12.0. The quantitative estimate of drug-likeness (QED) is 0.857. The van der Waals surface area contributed by atoms with Crippen LogP contribution in [-0.2, 0) is 0 Å². The number of benzene rings is 1. The van der Waals surface area contributed by atoms with Gasteiger partial charge in [-0.1, -0.05) is 18.2 Å². The van der Waals surface area contributed by atoms with E-state index in [1.165, 1.54) is 0 Å². The van der Waals surface area contributed by atoms with Gasteiger partial charge in [-0.15, -0.1) is 0 Å². The molecule has 1 aromatic heterocycles. The highest BCUT2D eigenvalue weighted by Gasteiger charge is 2.13. The van der Waals surface area contributed by atoms with Crippen molar-refractivity contribution in [3.05, 3.63) is 35.8 Å². The summed E-state index contributed by atoms with van der Waals surface area (Å²) in [7, 11) is 0. The Bertz CT molecular complexity index is 564. The van der Waals surface area contributed by atoms with Gasteiger partial charge in [-0.3, -0.25) is 4.79 Å². The van der Waals surface area contributed by atoms with Crippen LogP contribution in [-0.4, -0.2) is 21.9 Å². The summed E-state index contributed by atoms with van der Waals surface area (Å²) in [5.74, 6) is 0.458. The summed E-state index contributed by atoms with van der Waals surface area (Å²) in [6, 6.07) is 7.63. The highest BCUT2D eigenvalue weighted by molar-refractivity contribution is 6.04. The van der Waals surface area contributed by atoms with E-state index < -0.39 is 0 Å². The highest BCUT2D eigenvalue weighted by Crippen LogP contribution is 2.15. The molecule has 1 aromatic carbocycles. The topological polar surface area (TPSA) is 54.9 Å². The van der Waals surface area contributed by atoms with Crippen LogP contribution >= 0.6 is 0 Å². The van der Waals surface area contributed by atoms with E-state index in [1.54, 1.807) is 6.92 Å². The SMILES string of the molecule is Cc1nc(C(=O)NC(C)C)c2ccccc2n1. The van der Waals surface area contributed by atoms with E-state index in [9.17, 15) is 4.79 Å². The number of hydrogen-bond donors (Lipinski definition) is 1. The molecule has 1 N–H and O–H groups in total. The fraction of sp³-hybridized carbons (Fsp3) is 0.308. The molecule has 0 atom stereocenters. The lowest BCUT2D eigenvalue weighted by Gasteiger charge is -2.10. The van der Waals surface area contributed by atoms with Crippen molar-refractivity contribution < 1.29 is 4.79 Å². The van der Waals surface area contributed by atoms with E-state index in [-0.39, 0.29) is 11.9 Å². The highest BCUT2D eigenvalue weighted by atomic mass is 16.1. The van der Waals surface area contributed by atoms with Crippen molar-refractivity contribution in [2.75, 3.05) is 0 Å². The minimum Gasteiger partial charge on any atom is -0.349 e. The Kier molecular flexibility index (Phi) is 3.04. The maximum Gasteiger partial charge on any atom is 0.270 e. The van der Waals surface area contributed by atoms with Crippen LogP contribution < -0.4 is 5.32 Å². The van der Waals surface area contributed by atoms with Gasteiger partial charge in [0.25, 0.3) is 5.91 Å². The van der Waals surface area contributed by atoms with Crippen LogP contribution in [0.15, 0.2) is 24.3 Å². The molecule has 0 radical (unpaired) electrons. The first kappa shape index (κ1) is 11.5. The zero-order valence-electron chi connectivity index (χ0n) is 10.2. The Balaban J connectivity index is 2.56. The van der Waals surface area contributed by atoms with Crippen LogP contribution in [0.1, 0.15) is 30.2 Å². The number of rotatable bonds is 2. The monoisotopic (exact) mass is 229 g/mol. The first-order chi connectivity index (χ1) is 8.08. The third-order valence-electron chi connectivity index (χ3n) is 2.35. The zero-order chi connectivity index (χ0) is 12.4. The fourth-order valence-electron chi connectivity index (χ4n) is 1.70. The van der Waals surface area contributed by atoms with Crippen molar-refractivity contribution in [1.82, 2.24) is 15.3 Å². The number of nitrogens with zero attached hydrogens (tertiary/aromatic N) is 2. The summed E-state index contributed by atoms with van der Waals surface area (Å²) < 4.78 is 0.